The van der Waals surface area contributed by atoms with Crippen LogP contribution in [0.2, 0.25) is 0 Å². The van der Waals surface area contributed by atoms with E-state index in [1.165, 1.54) is 24.3 Å². The van der Waals surface area contributed by atoms with Gasteiger partial charge < -0.3 is 4.74 Å². The molecule has 122 valence electrons. The second kappa shape index (κ2) is 8.11. The van der Waals surface area contributed by atoms with Gasteiger partial charge in [-0.1, -0.05) is 12.1 Å². The first-order valence-corrected chi connectivity index (χ1v) is 6.46. The molecule has 0 atom stereocenters. The Hall–Kier alpha value is -2.64. The van der Waals surface area contributed by atoms with Gasteiger partial charge in [0.05, 0.1) is 24.1 Å². The summed E-state index contributed by atoms with van der Waals surface area (Å²) in [6.07, 6.45) is 0.0561. The van der Waals surface area contributed by atoms with Crippen molar-refractivity contribution in [2.45, 2.75) is 6.42 Å². The minimum absolute atomic E-state index is 0. The molecular formula is C15H16ClN3O4. The van der Waals surface area contributed by atoms with E-state index in [4.69, 9.17) is 10.6 Å². The third-order valence-corrected chi connectivity index (χ3v) is 3.12. The smallest absolute Gasteiger partial charge is 0.269 e. The molecule has 2 rings (SSSR count). The van der Waals surface area contributed by atoms with E-state index >= 15 is 0 Å². The lowest BCUT2D eigenvalue weighted by molar-refractivity contribution is -0.384. The molecule has 0 spiro atoms. The van der Waals surface area contributed by atoms with Gasteiger partial charge in [-0.05, 0) is 29.8 Å². The maximum absolute atomic E-state index is 12.1. The molecule has 0 aromatic heterocycles. The van der Waals surface area contributed by atoms with Crippen molar-refractivity contribution in [3.05, 3.63) is 64.2 Å². The monoisotopic (exact) mass is 337 g/mol. The van der Waals surface area contributed by atoms with Gasteiger partial charge in [-0.3, -0.25) is 14.9 Å². The van der Waals surface area contributed by atoms with Crippen LogP contribution in [-0.4, -0.2) is 17.9 Å². The molecule has 2 N–H and O–H groups in total. The van der Waals surface area contributed by atoms with Gasteiger partial charge in [-0.15, -0.1) is 12.4 Å². The van der Waals surface area contributed by atoms with Crippen molar-refractivity contribution in [2.75, 3.05) is 12.1 Å². The number of benzene rings is 2. The van der Waals surface area contributed by atoms with Crippen LogP contribution in [0, 0.1) is 10.1 Å². The average Bonchev–Trinajstić information content (AvgIpc) is 2.54. The number of anilines is 1. The summed E-state index contributed by atoms with van der Waals surface area (Å²) >= 11 is 0. The number of hydrazine groups is 1. The van der Waals surface area contributed by atoms with E-state index < -0.39 is 4.92 Å². The molecule has 23 heavy (non-hydrogen) atoms. The Morgan fingerprint density at radius 3 is 2.22 bits per heavy atom. The second-order valence-corrected chi connectivity index (χ2v) is 4.56. The third-order valence-electron chi connectivity index (χ3n) is 3.12. The van der Waals surface area contributed by atoms with Gasteiger partial charge in [0, 0.05) is 12.1 Å². The van der Waals surface area contributed by atoms with Crippen LogP contribution in [0.4, 0.5) is 11.4 Å². The molecule has 0 fully saturated rings. The summed E-state index contributed by atoms with van der Waals surface area (Å²) in [5.41, 5.74) is 1.17. The molecule has 0 aliphatic carbocycles. The number of hydrogen-bond acceptors (Lipinski definition) is 5. The zero-order chi connectivity index (χ0) is 16.1. The molecule has 0 unspecified atom stereocenters. The van der Waals surface area contributed by atoms with Gasteiger partial charge in [0.25, 0.3) is 5.69 Å². The standard InChI is InChI=1S/C15H15N3O4.ClH/c1-22-14-8-6-12(7-9-14)17(16)15(19)10-11-2-4-13(5-3-11)18(20)21;/h2-9H,10,16H2,1H3;1H. The topological polar surface area (TPSA) is 98.7 Å². The van der Waals surface area contributed by atoms with Crippen LogP contribution >= 0.6 is 12.4 Å². The third kappa shape index (κ3) is 4.67. The summed E-state index contributed by atoms with van der Waals surface area (Å²) in [6.45, 7) is 0. The largest absolute Gasteiger partial charge is 0.497 e. The highest BCUT2D eigenvalue weighted by molar-refractivity contribution is 5.93. The van der Waals surface area contributed by atoms with Crippen LogP contribution in [0.15, 0.2) is 48.5 Å². The molecular weight excluding hydrogens is 322 g/mol. The maximum Gasteiger partial charge on any atom is 0.269 e. The van der Waals surface area contributed by atoms with Crippen LogP contribution in [0.25, 0.3) is 0 Å². The molecule has 0 saturated carbocycles. The summed E-state index contributed by atoms with van der Waals surface area (Å²) in [5, 5.41) is 11.6. The predicted octanol–water partition coefficient (Wildman–Crippen LogP) is 2.47. The molecule has 2 aromatic carbocycles. The number of nitro groups is 1. The zero-order valence-electron chi connectivity index (χ0n) is 12.3. The number of non-ortho nitro benzene ring substituents is 1. The number of methoxy groups -OCH3 is 1. The first-order valence-electron chi connectivity index (χ1n) is 6.46. The fourth-order valence-electron chi connectivity index (χ4n) is 1.88. The van der Waals surface area contributed by atoms with E-state index in [0.29, 0.717) is 17.0 Å². The predicted molar refractivity (Wildman–Crippen MR) is 88.7 cm³/mol. The van der Waals surface area contributed by atoms with Crippen molar-refractivity contribution in [3.8, 4) is 5.75 Å². The van der Waals surface area contributed by atoms with Gasteiger partial charge in [0.2, 0.25) is 5.91 Å². The van der Waals surface area contributed by atoms with Crippen LogP contribution in [0.1, 0.15) is 5.56 Å². The van der Waals surface area contributed by atoms with Crippen LogP contribution in [0.5, 0.6) is 5.75 Å². The summed E-state index contributed by atoms with van der Waals surface area (Å²) < 4.78 is 5.04. The minimum atomic E-state index is -0.488. The van der Waals surface area contributed by atoms with E-state index in [9.17, 15) is 14.9 Å². The number of halogens is 1. The molecule has 1 amide bonds. The average molecular weight is 338 g/mol. The number of nitro benzene ring substituents is 1. The second-order valence-electron chi connectivity index (χ2n) is 4.56. The first kappa shape index (κ1) is 18.4. The lowest BCUT2D eigenvalue weighted by Crippen LogP contribution is -2.38. The summed E-state index contributed by atoms with van der Waals surface area (Å²) in [7, 11) is 1.55. The van der Waals surface area contributed by atoms with E-state index in [0.717, 1.165) is 5.01 Å². The first-order chi connectivity index (χ1) is 10.5. The number of carbonyl (C=O) groups is 1. The van der Waals surface area contributed by atoms with Gasteiger partial charge in [0.1, 0.15) is 5.75 Å². The number of nitrogens with zero attached hydrogens (tertiary/aromatic N) is 2. The Kier molecular flexibility index (Phi) is 6.49. The van der Waals surface area contributed by atoms with Gasteiger partial charge >= 0.3 is 0 Å². The van der Waals surface area contributed by atoms with Crippen molar-refractivity contribution in [1.29, 1.82) is 0 Å². The Morgan fingerprint density at radius 2 is 1.74 bits per heavy atom. The quantitative estimate of drug-likeness (QED) is 0.391. The van der Waals surface area contributed by atoms with Crippen molar-refractivity contribution in [3.63, 3.8) is 0 Å². The highest BCUT2D eigenvalue weighted by atomic mass is 35.5. The maximum atomic E-state index is 12.1. The van der Waals surface area contributed by atoms with Crippen molar-refractivity contribution in [1.82, 2.24) is 0 Å². The SMILES string of the molecule is COc1ccc(N(N)C(=O)Cc2ccc([N+](=O)[O-])cc2)cc1.Cl. The number of carbonyl (C=O) groups excluding carboxylic acids is 1. The van der Waals surface area contributed by atoms with Crippen LogP contribution < -0.4 is 15.6 Å². The van der Waals surface area contributed by atoms with Crippen molar-refractivity contribution in [2.24, 2.45) is 5.84 Å². The highest BCUT2D eigenvalue weighted by Crippen LogP contribution is 2.18. The molecule has 0 aliphatic heterocycles. The molecule has 0 bridgehead atoms. The lowest BCUT2D eigenvalue weighted by Gasteiger charge is -2.17. The molecule has 0 saturated heterocycles. The number of nitrogens with two attached hydrogens (primary N) is 1. The van der Waals surface area contributed by atoms with Crippen LogP contribution in [-0.2, 0) is 11.2 Å². The van der Waals surface area contributed by atoms with Gasteiger partial charge in [0.15, 0.2) is 0 Å². The van der Waals surface area contributed by atoms with Crippen molar-refractivity contribution >= 4 is 29.7 Å². The van der Waals surface area contributed by atoms with Gasteiger partial charge in [-0.2, -0.15) is 0 Å². The highest BCUT2D eigenvalue weighted by Gasteiger charge is 2.13. The van der Waals surface area contributed by atoms with Gasteiger partial charge in [-0.25, -0.2) is 10.9 Å². The number of hydrogen-bond donors (Lipinski definition) is 1. The molecule has 7 nitrogen and oxygen atoms in total. The fourth-order valence-corrected chi connectivity index (χ4v) is 1.88. The summed E-state index contributed by atoms with van der Waals surface area (Å²) in [6, 6.07) is 12.5. The molecule has 0 heterocycles. The Balaban J connectivity index is 0.00000264. The Morgan fingerprint density at radius 1 is 1.17 bits per heavy atom. The number of rotatable bonds is 5. The Bertz CT molecular complexity index is 674. The Labute approximate surface area is 139 Å². The van der Waals surface area contributed by atoms with Crippen LogP contribution in [0.3, 0.4) is 0 Å². The molecule has 0 radical (unpaired) electrons. The van der Waals surface area contributed by atoms with E-state index in [2.05, 4.69) is 0 Å². The minimum Gasteiger partial charge on any atom is -0.497 e. The summed E-state index contributed by atoms with van der Waals surface area (Å²) in [4.78, 5) is 22.2. The van der Waals surface area contributed by atoms with E-state index in [1.54, 1.807) is 31.4 Å². The number of ether oxygens (including phenoxy) is 1. The zero-order valence-corrected chi connectivity index (χ0v) is 13.2. The molecule has 8 heteroatoms. The lowest BCUT2D eigenvalue weighted by atomic mass is 10.1. The fraction of sp³-hybridized carbons (Fsp3) is 0.133. The van der Waals surface area contributed by atoms with E-state index in [1.807, 2.05) is 0 Å². The molecule has 2 aromatic rings. The van der Waals surface area contributed by atoms with E-state index in [-0.39, 0.29) is 30.4 Å². The number of amides is 1. The normalized spacial score (nSPS) is 9.65. The summed E-state index contributed by atoms with van der Waals surface area (Å²) in [5.74, 6) is 6.14. The van der Waals surface area contributed by atoms with Crippen molar-refractivity contribution < 1.29 is 14.5 Å². The molecule has 0 aliphatic rings.